The Morgan fingerprint density at radius 2 is 2.28 bits per heavy atom. The summed E-state index contributed by atoms with van der Waals surface area (Å²) in [6, 6.07) is 4.03. The molecular formula is C18H24N4O2S. The maximum Gasteiger partial charge on any atom is 0.225 e. The molecule has 0 spiro atoms. The molecule has 1 aliphatic heterocycles. The van der Waals surface area contributed by atoms with Crippen LogP contribution in [-0.2, 0) is 16.0 Å². The number of nitrogens with one attached hydrogen (secondary N) is 2. The van der Waals surface area contributed by atoms with Gasteiger partial charge in [-0.3, -0.25) is 9.59 Å². The third-order valence-electron chi connectivity index (χ3n) is 4.45. The van der Waals surface area contributed by atoms with Gasteiger partial charge < -0.3 is 15.2 Å². The Balaban J connectivity index is 1.53. The molecule has 0 aliphatic carbocycles. The number of aromatic nitrogens is 2. The van der Waals surface area contributed by atoms with Gasteiger partial charge >= 0.3 is 0 Å². The molecule has 6 nitrogen and oxygen atoms in total. The third kappa shape index (κ3) is 3.92. The topological polar surface area (TPSA) is 78.1 Å². The zero-order valence-electron chi connectivity index (χ0n) is 14.8. The fourth-order valence-electron chi connectivity index (χ4n) is 3.12. The van der Waals surface area contributed by atoms with Gasteiger partial charge in [0.2, 0.25) is 11.8 Å². The summed E-state index contributed by atoms with van der Waals surface area (Å²) in [7, 11) is 0. The minimum Gasteiger partial charge on any atom is -0.355 e. The van der Waals surface area contributed by atoms with Gasteiger partial charge in [0.25, 0.3) is 0 Å². The van der Waals surface area contributed by atoms with Crippen LogP contribution in [0.2, 0.25) is 0 Å². The van der Waals surface area contributed by atoms with Crippen molar-refractivity contribution < 1.29 is 9.59 Å². The number of H-pyrrole nitrogens is 1. The Labute approximate surface area is 151 Å². The molecule has 3 heterocycles. The number of hydrogen-bond acceptors (Lipinski definition) is 4. The van der Waals surface area contributed by atoms with Crippen LogP contribution in [0.25, 0.3) is 10.6 Å². The van der Waals surface area contributed by atoms with E-state index in [9.17, 15) is 9.59 Å². The lowest BCUT2D eigenvalue weighted by Gasteiger charge is -2.31. The van der Waals surface area contributed by atoms with Crippen LogP contribution in [0, 0.1) is 5.92 Å². The van der Waals surface area contributed by atoms with E-state index in [0.717, 1.165) is 16.3 Å². The van der Waals surface area contributed by atoms with E-state index in [2.05, 4.69) is 15.3 Å². The fraction of sp³-hybridized carbons (Fsp3) is 0.500. The van der Waals surface area contributed by atoms with Crippen LogP contribution in [0.4, 0.5) is 0 Å². The van der Waals surface area contributed by atoms with E-state index in [0.29, 0.717) is 25.9 Å². The summed E-state index contributed by atoms with van der Waals surface area (Å²) in [5.41, 5.74) is 1.72. The normalized spacial score (nSPS) is 18.0. The molecule has 0 bridgehead atoms. The van der Waals surface area contributed by atoms with Gasteiger partial charge in [0.15, 0.2) is 0 Å². The largest absolute Gasteiger partial charge is 0.355 e. The van der Waals surface area contributed by atoms with Crippen molar-refractivity contribution in [3.05, 3.63) is 29.5 Å². The van der Waals surface area contributed by atoms with E-state index in [1.54, 1.807) is 22.6 Å². The minimum atomic E-state index is -0.259. The van der Waals surface area contributed by atoms with Crippen molar-refractivity contribution in [2.24, 2.45) is 5.92 Å². The average Bonchev–Trinajstić information content (AvgIpc) is 3.25. The van der Waals surface area contributed by atoms with E-state index in [4.69, 9.17) is 0 Å². The van der Waals surface area contributed by atoms with Crippen molar-refractivity contribution >= 4 is 23.2 Å². The number of likely N-dealkylation sites (tertiary alicyclic amines) is 1. The molecule has 0 radical (unpaired) electrons. The number of amides is 2. The highest BCUT2D eigenvalue weighted by Gasteiger charge is 2.39. The Kier molecular flexibility index (Phi) is 4.94. The number of carbonyl (C=O) groups is 2. The molecule has 2 aromatic heterocycles. The number of nitrogens with zero attached hydrogens (tertiary/aromatic N) is 2. The first-order valence-corrected chi connectivity index (χ1v) is 9.38. The second kappa shape index (κ2) is 7.00. The quantitative estimate of drug-likeness (QED) is 0.860. The number of thiophene rings is 1. The second-order valence-electron chi connectivity index (χ2n) is 7.32. The monoisotopic (exact) mass is 360 g/mol. The summed E-state index contributed by atoms with van der Waals surface area (Å²) in [6.07, 6.45) is 2.67. The van der Waals surface area contributed by atoms with Crippen molar-refractivity contribution in [2.75, 3.05) is 13.1 Å². The number of aromatic amines is 1. The molecule has 1 fully saturated rings. The van der Waals surface area contributed by atoms with E-state index in [1.165, 1.54) is 0 Å². The van der Waals surface area contributed by atoms with Crippen LogP contribution in [-0.4, -0.2) is 45.3 Å². The molecule has 25 heavy (non-hydrogen) atoms. The zero-order chi connectivity index (χ0) is 18.0. The molecule has 2 amide bonds. The first kappa shape index (κ1) is 17.7. The minimum absolute atomic E-state index is 0.0442. The molecule has 3 rings (SSSR count). The van der Waals surface area contributed by atoms with Gasteiger partial charge in [-0.05, 0) is 32.2 Å². The number of rotatable bonds is 5. The Bertz CT molecular complexity index is 745. The first-order valence-electron chi connectivity index (χ1n) is 8.50. The van der Waals surface area contributed by atoms with E-state index >= 15 is 0 Å². The third-order valence-corrected chi connectivity index (χ3v) is 5.33. The molecule has 2 N–H and O–H groups in total. The smallest absolute Gasteiger partial charge is 0.225 e. The van der Waals surface area contributed by atoms with E-state index in [-0.39, 0.29) is 23.3 Å². The summed E-state index contributed by atoms with van der Waals surface area (Å²) in [5.74, 6) is -0.247. The number of imidazole rings is 1. The first-order chi connectivity index (χ1) is 11.9. The van der Waals surface area contributed by atoms with Crippen molar-refractivity contribution in [3.63, 3.8) is 0 Å². The summed E-state index contributed by atoms with van der Waals surface area (Å²) in [4.78, 5) is 34.9. The molecule has 0 aromatic carbocycles. The summed E-state index contributed by atoms with van der Waals surface area (Å²) in [6.45, 7) is 7.01. The summed E-state index contributed by atoms with van der Waals surface area (Å²) in [5, 5.41) is 4.99. The Morgan fingerprint density at radius 3 is 2.92 bits per heavy atom. The zero-order valence-corrected chi connectivity index (χ0v) is 15.7. The van der Waals surface area contributed by atoms with Crippen molar-refractivity contribution in [1.82, 2.24) is 20.2 Å². The molecule has 134 valence electrons. The van der Waals surface area contributed by atoms with Crippen LogP contribution in [0.1, 0.15) is 32.9 Å². The van der Waals surface area contributed by atoms with Crippen LogP contribution in [0.15, 0.2) is 23.8 Å². The standard InChI is InChI=1S/C18H24N4O2S/c1-18(2,3)22-10-12(9-15(22)23)17(24)19-7-6-13-16(21-11-20-13)14-5-4-8-25-14/h4-5,8,11-12H,6-7,9-10H2,1-3H3,(H,19,24)(H,20,21). The van der Waals surface area contributed by atoms with Crippen LogP contribution < -0.4 is 5.32 Å². The van der Waals surface area contributed by atoms with Crippen molar-refractivity contribution in [2.45, 2.75) is 39.2 Å². The highest BCUT2D eigenvalue weighted by atomic mass is 32.1. The molecule has 2 aromatic rings. The van der Waals surface area contributed by atoms with Crippen LogP contribution in [0.5, 0.6) is 0 Å². The number of hydrogen-bond donors (Lipinski definition) is 2. The Morgan fingerprint density at radius 1 is 1.48 bits per heavy atom. The van der Waals surface area contributed by atoms with Gasteiger partial charge in [0.05, 0.1) is 17.1 Å². The van der Waals surface area contributed by atoms with E-state index in [1.807, 2.05) is 38.3 Å². The second-order valence-corrected chi connectivity index (χ2v) is 8.27. The van der Waals surface area contributed by atoms with Crippen LogP contribution in [0.3, 0.4) is 0 Å². The summed E-state index contributed by atoms with van der Waals surface area (Å²) < 4.78 is 0. The van der Waals surface area contributed by atoms with Crippen molar-refractivity contribution in [1.29, 1.82) is 0 Å². The predicted molar refractivity (Wildman–Crippen MR) is 98.2 cm³/mol. The predicted octanol–water partition coefficient (Wildman–Crippen LogP) is 2.44. The lowest BCUT2D eigenvalue weighted by molar-refractivity contribution is -0.132. The van der Waals surface area contributed by atoms with Gasteiger partial charge in [0, 0.05) is 37.2 Å². The summed E-state index contributed by atoms with van der Waals surface area (Å²) >= 11 is 1.64. The molecule has 1 unspecified atom stereocenters. The Hall–Kier alpha value is -2.15. The van der Waals surface area contributed by atoms with Gasteiger partial charge in [-0.25, -0.2) is 4.98 Å². The molecule has 0 saturated carbocycles. The molecule has 1 saturated heterocycles. The lowest BCUT2D eigenvalue weighted by Crippen LogP contribution is -2.43. The molecule has 1 atom stereocenters. The van der Waals surface area contributed by atoms with Gasteiger partial charge in [-0.2, -0.15) is 0 Å². The highest BCUT2D eigenvalue weighted by Crippen LogP contribution is 2.27. The average molecular weight is 360 g/mol. The molecular weight excluding hydrogens is 336 g/mol. The van der Waals surface area contributed by atoms with Gasteiger partial charge in [-0.15, -0.1) is 11.3 Å². The van der Waals surface area contributed by atoms with Crippen LogP contribution >= 0.6 is 11.3 Å². The maximum atomic E-state index is 12.4. The van der Waals surface area contributed by atoms with Crippen molar-refractivity contribution in [3.8, 4) is 10.6 Å². The lowest BCUT2D eigenvalue weighted by atomic mass is 10.1. The SMILES string of the molecule is CC(C)(C)N1CC(C(=O)NCCc2[nH]cnc2-c2cccs2)CC1=O. The van der Waals surface area contributed by atoms with E-state index < -0.39 is 0 Å². The fourth-order valence-corrected chi connectivity index (χ4v) is 3.87. The molecule has 1 aliphatic rings. The maximum absolute atomic E-state index is 12.4. The van der Waals surface area contributed by atoms with Gasteiger partial charge in [-0.1, -0.05) is 6.07 Å². The highest BCUT2D eigenvalue weighted by molar-refractivity contribution is 7.13. The molecule has 7 heteroatoms. The van der Waals surface area contributed by atoms with Gasteiger partial charge in [0.1, 0.15) is 5.69 Å². The number of carbonyl (C=O) groups excluding carboxylic acids is 2.